The molecule has 2 fully saturated rings. The second-order valence-electron chi connectivity index (χ2n) is 5.15. The van der Waals surface area contributed by atoms with Crippen molar-refractivity contribution in [2.75, 3.05) is 31.1 Å². The molecule has 0 aromatic heterocycles. The summed E-state index contributed by atoms with van der Waals surface area (Å²) in [5.74, 6) is 0.249. The van der Waals surface area contributed by atoms with Crippen LogP contribution in [0.25, 0.3) is 0 Å². The molecule has 18 heavy (non-hydrogen) atoms. The van der Waals surface area contributed by atoms with Crippen LogP contribution in [0, 0.1) is 0 Å². The van der Waals surface area contributed by atoms with E-state index in [-0.39, 0.29) is 5.91 Å². The predicted molar refractivity (Wildman–Crippen MR) is 72.0 cm³/mol. The van der Waals surface area contributed by atoms with Crippen LogP contribution in [0.4, 0.5) is 5.69 Å². The molecule has 1 amide bonds. The normalized spacial score (nSPS) is 19.9. The first kappa shape index (κ1) is 11.5. The molecule has 1 aromatic carbocycles. The molecule has 3 N–H and O–H groups in total. The second-order valence-corrected chi connectivity index (χ2v) is 5.15. The van der Waals surface area contributed by atoms with Gasteiger partial charge in [-0.1, -0.05) is 0 Å². The molecule has 1 saturated carbocycles. The van der Waals surface area contributed by atoms with Gasteiger partial charge in [0.25, 0.3) is 0 Å². The molecule has 1 aromatic rings. The molecule has 4 nitrogen and oxygen atoms in total. The van der Waals surface area contributed by atoms with Crippen molar-refractivity contribution >= 4 is 11.6 Å². The van der Waals surface area contributed by atoms with Gasteiger partial charge in [0, 0.05) is 37.4 Å². The van der Waals surface area contributed by atoms with Crippen molar-refractivity contribution < 1.29 is 4.79 Å². The van der Waals surface area contributed by atoms with Crippen molar-refractivity contribution in [3.63, 3.8) is 0 Å². The molecule has 1 saturated heterocycles. The van der Waals surface area contributed by atoms with Crippen molar-refractivity contribution in [3.8, 4) is 0 Å². The van der Waals surface area contributed by atoms with Crippen molar-refractivity contribution in [2.45, 2.75) is 18.8 Å². The zero-order valence-electron chi connectivity index (χ0n) is 10.5. The minimum absolute atomic E-state index is 0.302. The monoisotopic (exact) mass is 245 g/mol. The van der Waals surface area contributed by atoms with Gasteiger partial charge in [0.1, 0.15) is 0 Å². The Morgan fingerprint density at radius 3 is 2.61 bits per heavy atom. The maximum atomic E-state index is 11.4. The molecule has 4 heteroatoms. The lowest BCUT2D eigenvalue weighted by molar-refractivity contribution is 0.0999. The summed E-state index contributed by atoms with van der Waals surface area (Å²) < 4.78 is 0. The Balaban J connectivity index is 1.91. The Kier molecular flexibility index (Phi) is 2.96. The number of primary amides is 1. The molecule has 96 valence electrons. The van der Waals surface area contributed by atoms with Crippen LogP contribution >= 0.6 is 0 Å². The van der Waals surface area contributed by atoms with Crippen LogP contribution in [0.3, 0.4) is 0 Å². The van der Waals surface area contributed by atoms with Crippen LogP contribution in [0.2, 0.25) is 0 Å². The number of carbonyl (C=O) groups is 1. The summed E-state index contributed by atoms with van der Waals surface area (Å²) in [6.45, 7) is 4.10. The third-order valence-electron chi connectivity index (χ3n) is 3.80. The molecule has 1 aliphatic carbocycles. The van der Waals surface area contributed by atoms with E-state index in [9.17, 15) is 4.79 Å². The van der Waals surface area contributed by atoms with Crippen LogP contribution in [-0.2, 0) is 0 Å². The van der Waals surface area contributed by atoms with Gasteiger partial charge in [0.15, 0.2) is 0 Å². The van der Waals surface area contributed by atoms with E-state index < -0.39 is 0 Å². The second kappa shape index (κ2) is 4.61. The van der Waals surface area contributed by atoms with E-state index in [1.807, 2.05) is 12.1 Å². The minimum atomic E-state index is -0.302. The minimum Gasteiger partial charge on any atom is -0.369 e. The van der Waals surface area contributed by atoms with Gasteiger partial charge < -0.3 is 16.0 Å². The summed E-state index contributed by atoms with van der Waals surface area (Å²) in [6.07, 6.45) is 2.37. The molecule has 1 heterocycles. The fourth-order valence-electron chi connectivity index (χ4n) is 2.63. The zero-order chi connectivity index (χ0) is 12.5. The van der Waals surface area contributed by atoms with Crippen LogP contribution in [0.1, 0.15) is 34.7 Å². The third kappa shape index (κ3) is 2.20. The number of nitrogens with one attached hydrogen (secondary N) is 1. The van der Waals surface area contributed by atoms with Gasteiger partial charge in [-0.2, -0.15) is 0 Å². The van der Waals surface area contributed by atoms with Crippen molar-refractivity contribution in [1.82, 2.24) is 5.32 Å². The molecule has 0 radical (unpaired) electrons. The van der Waals surface area contributed by atoms with Crippen LogP contribution in [-0.4, -0.2) is 32.1 Å². The van der Waals surface area contributed by atoms with Crippen molar-refractivity contribution in [2.24, 2.45) is 5.73 Å². The van der Waals surface area contributed by atoms with Gasteiger partial charge in [-0.25, -0.2) is 0 Å². The molecular formula is C14H19N3O. The first-order valence-corrected chi connectivity index (χ1v) is 6.65. The number of hydrogen-bond donors (Lipinski definition) is 2. The molecule has 2 aliphatic rings. The number of benzene rings is 1. The average molecular weight is 245 g/mol. The first-order valence-electron chi connectivity index (χ1n) is 6.65. The summed E-state index contributed by atoms with van der Waals surface area (Å²) in [4.78, 5) is 13.8. The highest BCUT2D eigenvalue weighted by Gasteiger charge is 2.28. The summed E-state index contributed by atoms with van der Waals surface area (Å²) in [7, 11) is 0. The van der Waals surface area contributed by atoms with Crippen molar-refractivity contribution in [3.05, 3.63) is 29.3 Å². The quantitative estimate of drug-likeness (QED) is 0.837. The smallest absolute Gasteiger partial charge is 0.248 e. The summed E-state index contributed by atoms with van der Waals surface area (Å²) in [5.41, 5.74) is 8.53. The van der Waals surface area contributed by atoms with Gasteiger partial charge in [-0.05, 0) is 42.5 Å². The van der Waals surface area contributed by atoms with Gasteiger partial charge in [0.05, 0.1) is 0 Å². The van der Waals surface area contributed by atoms with E-state index in [0.717, 1.165) is 31.7 Å². The summed E-state index contributed by atoms with van der Waals surface area (Å²) in [5, 5.41) is 3.35. The lowest BCUT2D eigenvalue weighted by Gasteiger charge is -2.30. The number of piperazine rings is 1. The Bertz CT molecular complexity index is 462. The number of nitrogens with two attached hydrogens (primary N) is 1. The van der Waals surface area contributed by atoms with Gasteiger partial charge in [0.2, 0.25) is 5.91 Å². The highest BCUT2D eigenvalue weighted by molar-refractivity contribution is 5.95. The summed E-state index contributed by atoms with van der Waals surface area (Å²) >= 11 is 0. The lowest BCUT2D eigenvalue weighted by atomic mass is 10.0. The fourth-order valence-corrected chi connectivity index (χ4v) is 2.63. The Labute approximate surface area is 107 Å². The topological polar surface area (TPSA) is 58.4 Å². The van der Waals surface area contributed by atoms with E-state index in [0.29, 0.717) is 11.5 Å². The van der Waals surface area contributed by atoms with Crippen LogP contribution in [0.5, 0.6) is 0 Å². The highest BCUT2D eigenvalue weighted by atomic mass is 16.1. The van der Waals surface area contributed by atoms with E-state index in [1.165, 1.54) is 18.5 Å². The Morgan fingerprint density at radius 1 is 1.28 bits per heavy atom. The molecule has 0 atom stereocenters. The van der Waals surface area contributed by atoms with Crippen LogP contribution in [0.15, 0.2) is 18.2 Å². The highest BCUT2D eigenvalue weighted by Crippen LogP contribution is 2.42. The molecule has 0 spiro atoms. The van der Waals surface area contributed by atoms with Gasteiger partial charge >= 0.3 is 0 Å². The molecule has 1 aliphatic heterocycles. The standard InChI is InChI=1S/C14H19N3O/c15-14(18)12-4-3-11(9-13(12)10-1-2-10)17-7-5-16-6-8-17/h3-4,9-10,16H,1-2,5-8H2,(H2,15,18). The number of carbonyl (C=O) groups excluding carboxylic acids is 1. The molecular weight excluding hydrogens is 226 g/mol. The number of hydrogen-bond acceptors (Lipinski definition) is 3. The van der Waals surface area contributed by atoms with E-state index in [4.69, 9.17) is 5.73 Å². The lowest BCUT2D eigenvalue weighted by Crippen LogP contribution is -2.43. The van der Waals surface area contributed by atoms with E-state index in [1.54, 1.807) is 0 Å². The molecule has 0 unspecified atom stereocenters. The number of rotatable bonds is 3. The fraction of sp³-hybridized carbons (Fsp3) is 0.500. The maximum Gasteiger partial charge on any atom is 0.248 e. The average Bonchev–Trinajstić information content (AvgIpc) is 3.23. The van der Waals surface area contributed by atoms with Crippen molar-refractivity contribution in [1.29, 1.82) is 0 Å². The van der Waals surface area contributed by atoms with E-state index >= 15 is 0 Å². The Morgan fingerprint density at radius 2 is 2.00 bits per heavy atom. The number of amides is 1. The summed E-state index contributed by atoms with van der Waals surface area (Å²) in [6, 6.07) is 6.09. The molecule has 3 rings (SSSR count). The first-order chi connectivity index (χ1) is 8.75. The SMILES string of the molecule is NC(=O)c1ccc(N2CCNCC2)cc1C1CC1. The number of nitrogens with zero attached hydrogens (tertiary/aromatic N) is 1. The third-order valence-corrected chi connectivity index (χ3v) is 3.80. The van der Waals surface area contributed by atoms with Crippen LogP contribution < -0.4 is 16.0 Å². The molecule has 0 bridgehead atoms. The maximum absolute atomic E-state index is 11.4. The largest absolute Gasteiger partial charge is 0.369 e. The number of anilines is 1. The van der Waals surface area contributed by atoms with Gasteiger partial charge in [-0.15, -0.1) is 0 Å². The Hall–Kier alpha value is -1.55. The zero-order valence-corrected chi connectivity index (χ0v) is 10.5. The van der Waals surface area contributed by atoms with Gasteiger partial charge in [-0.3, -0.25) is 4.79 Å². The predicted octanol–water partition coefficient (Wildman–Crippen LogP) is 1.07. The van der Waals surface area contributed by atoms with E-state index in [2.05, 4.69) is 16.3 Å².